The minimum absolute atomic E-state index is 0.412. The monoisotopic (exact) mass is 313 g/mol. The van der Waals surface area contributed by atoms with Gasteiger partial charge in [0.15, 0.2) is 0 Å². The third kappa shape index (κ3) is 3.35. The number of hydrogen-bond donors (Lipinski definition) is 1. The van der Waals surface area contributed by atoms with Gasteiger partial charge < -0.3 is 5.32 Å². The molecule has 1 N–H and O–H groups in total. The number of rotatable bonds is 4. The topological polar surface area (TPSA) is 29.9 Å². The molecule has 2 rings (SSSR count). The molecule has 1 aliphatic carbocycles. The highest BCUT2D eigenvalue weighted by molar-refractivity contribution is 9.10. The summed E-state index contributed by atoms with van der Waals surface area (Å²) in [4.78, 5) is 0. The van der Waals surface area contributed by atoms with Crippen molar-refractivity contribution in [2.45, 2.75) is 51.0 Å². The van der Waals surface area contributed by atoms with Crippen molar-refractivity contribution in [1.29, 1.82) is 0 Å². The Morgan fingerprint density at radius 3 is 2.56 bits per heavy atom. The second-order valence-corrected chi connectivity index (χ2v) is 6.29. The lowest BCUT2D eigenvalue weighted by atomic mass is 9.91. The van der Waals surface area contributed by atoms with Gasteiger partial charge in [0.25, 0.3) is 0 Å². The molecule has 1 atom stereocenters. The highest BCUT2D eigenvalue weighted by atomic mass is 79.9. The van der Waals surface area contributed by atoms with Gasteiger partial charge in [-0.1, -0.05) is 38.5 Å². The van der Waals surface area contributed by atoms with E-state index in [4.69, 9.17) is 0 Å². The molecule has 0 saturated heterocycles. The number of halogens is 1. The highest BCUT2D eigenvalue weighted by Gasteiger charge is 2.22. The van der Waals surface area contributed by atoms with Crippen LogP contribution in [0.25, 0.3) is 0 Å². The van der Waals surface area contributed by atoms with Crippen LogP contribution in [-0.2, 0) is 7.05 Å². The molecule has 0 radical (unpaired) electrons. The van der Waals surface area contributed by atoms with E-state index in [0.29, 0.717) is 6.04 Å². The van der Waals surface area contributed by atoms with E-state index in [-0.39, 0.29) is 0 Å². The van der Waals surface area contributed by atoms with Crippen LogP contribution < -0.4 is 5.32 Å². The Labute approximate surface area is 118 Å². The summed E-state index contributed by atoms with van der Waals surface area (Å²) in [6, 6.07) is 0.412. The van der Waals surface area contributed by atoms with Gasteiger partial charge in [0.2, 0.25) is 0 Å². The van der Waals surface area contributed by atoms with Crippen LogP contribution in [-0.4, -0.2) is 16.8 Å². The van der Waals surface area contributed by atoms with Crippen LogP contribution in [0.15, 0.2) is 10.7 Å². The molecule has 18 heavy (non-hydrogen) atoms. The van der Waals surface area contributed by atoms with Crippen molar-refractivity contribution in [3.63, 3.8) is 0 Å². The van der Waals surface area contributed by atoms with Gasteiger partial charge in [0.05, 0.1) is 22.4 Å². The largest absolute Gasteiger partial charge is 0.312 e. The van der Waals surface area contributed by atoms with E-state index in [1.54, 1.807) is 0 Å². The predicted molar refractivity (Wildman–Crippen MR) is 78.5 cm³/mol. The highest BCUT2D eigenvalue weighted by Crippen LogP contribution is 2.33. The van der Waals surface area contributed by atoms with Gasteiger partial charge in [-0.05, 0) is 35.3 Å². The molecule has 1 fully saturated rings. The maximum Gasteiger partial charge on any atom is 0.0692 e. The molecular weight excluding hydrogens is 290 g/mol. The second kappa shape index (κ2) is 6.71. The first-order chi connectivity index (χ1) is 8.72. The van der Waals surface area contributed by atoms with Crippen molar-refractivity contribution in [1.82, 2.24) is 15.1 Å². The maximum absolute atomic E-state index is 4.33. The van der Waals surface area contributed by atoms with E-state index >= 15 is 0 Å². The van der Waals surface area contributed by atoms with Gasteiger partial charge in [-0.2, -0.15) is 5.10 Å². The minimum atomic E-state index is 0.412. The van der Waals surface area contributed by atoms with E-state index in [2.05, 4.69) is 33.4 Å². The smallest absolute Gasteiger partial charge is 0.0692 e. The number of aromatic nitrogens is 2. The quantitative estimate of drug-likeness (QED) is 0.857. The van der Waals surface area contributed by atoms with E-state index in [9.17, 15) is 0 Å². The summed E-state index contributed by atoms with van der Waals surface area (Å²) in [7, 11) is 4.08. The lowest BCUT2D eigenvalue weighted by molar-refractivity contribution is 0.357. The lowest BCUT2D eigenvalue weighted by Crippen LogP contribution is -2.22. The van der Waals surface area contributed by atoms with Crippen LogP contribution in [0, 0.1) is 5.92 Å². The number of hydrogen-bond acceptors (Lipinski definition) is 2. The summed E-state index contributed by atoms with van der Waals surface area (Å²) in [5, 5.41) is 7.79. The van der Waals surface area contributed by atoms with Crippen LogP contribution in [0.5, 0.6) is 0 Å². The molecule has 102 valence electrons. The molecule has 1 aliphatic rings. The summed E-state index contributed by atoms with van der Waals surface area (Å²) in [5.41, 5.74) is 1.28. The van der Waals surface area contributed by atoms with Crippen LogP contribution in [0.2, 0.25) is 0 Å². The molecule has 4 heteroatoms. The van der Waals surface area contributed by atoms with Crippen molar-refractivity contribution in [3.05, 3.63) is 16.4 Å². The molecule has 1 aromatic rings. The molecule has 1 aromatic heterocycles. The SMILES string of the molecule is CNC(CC1CCCCCC1)c1c(Br)cnn1C. The standard InChI is InChI=1S/C14H24BrN3/c1-16-13(14-12(15)10-17-18(14)2)9-11-7-5-3-4-6-8-11/h10-11,13,16H,3-9H2,1-2H3. The summed E-state index contributed by atoms with van der Waals surface area (Å²) in [6.45, 7) is 0. The van der Waals surface area contributed by atoms with E-state index < -0.39 is 0 Å². The zero-order valence-corrected chi connectivity index (χ0v) is 13.0. The van der Waals surface area contributed by atoms with Crippen molar-refractivity contribution in [3.8, 4) is 0 Å². The molecule has 1 unspecified atom stereocenters. The van der Waals surface area contributed by atoms with E-state index in [0.717, 1.165) is 10.4 Å². The van der Waals surface area contributed by atoms with Gasteiger partial charge in [-0.3, -0.25) is 4.68 Å². The van der Waals surface area contributed by atoms with Crippen LogP contribution in [0.3, 0.4) is 0 Å². The van der Waals surface area contributed by atoms with Gasteiger partial charge >= 0.3 is 0 Å². The predicted octanol–water partition coefficient (Wildman–Crippen LogP) is 3.80. The van der Waals surface area contributed by atoms with Gasteiger partial charge in [0.1, 0.15) is 0 Å². The Morgan fingerprint density at radius 2 is 2.06 bits per heavy atom. The van der Waals surface area contributed by atoms with E-state index in [1.165, 1.54) is 50.6 Å². The zero-order valence-electron chi connectivity index (χ0n) is 11.5. The van der Waals surface area contributed by atoms with Crippen molar-refractivity contribution >= 4 is 15.9 Å². The molecule has 1 heterocycles. The molecule has 0 aromatic carbocycles. The molecule has 0 bridgehead atoms. The molecule has 1 saturated carbocycles. The third-order valence-electron chi connectivity index (χ3n) is 4.16. The average molecular weight is 314 g/mol. The first kappa shape index (κ1) is 14.1. The third-order valence-corrected chi connectivity index (χ3v) is 4.77. The first-order valence-corrected chi connectivity index (χ1v) is 7.86. The Bertz CT molecular complexity index is 348. The summed E-state index contributed by atoms with van der Waals surface area (Å²) in [5.74, 6) is 0.867. The Morgan fingerprint density at radius 1 is 1.39 bits per heavy atom. The number of nitrogens with one attached hydrogen (secondary N) is 1. The van der Waals surface area contributed by atoms with Gasteiger partial charge in [-0.15, -0.1) is 0 Å². The molecule has 3 nitrogen and oxygen atoms in total. The normalized spacial score (nSPS) is 19.7. The van der Waals surface area contributed by atoms with Crippen molar-refractivity contribution < 1.29 is 0 Å². The Hall–Kier alpha value is -0.350. The number of nitrogens with zero attached hydrogens (tertiary/aromatic N) is 2. The number of aryl methyl sites for hydroxylation is 1. The van der Waals surface area contributed by atoms with Gasteiger partial charge in [-0.25, -0.2) is 0 Å². The fraction of sp³-hybridized carbons (Fsp3) is 0.786. The second-order valence-electron chi connectivity index (χ2n) is 5.44. The van der Waals surface area contributed by atoms with Crippen molar-refractivity contribution in [2.75, 3.05) is 7.05 Å². The zero-order chi connectivity index (χ0) is 13.0. The fourth-order valence-corrected chi connectivity index (χ4v) is 3.74. The first-order valence-electron chi connectivity index (χ1n) is 7.07. The summed E-state index contributed by atoms with van der Waals surface area (Å²) >= 11 is 3.62. The van der Waals surface area contributed by atoms with Crippen molar-refractivity contribution in [2.24, 2.45) is 13.0 Å². The molecular formula is C14H24BrN3. The van der Waals surface area contributed by atoms with Crippen LogP contribution in [0.1, 0.15) is 56.7 Å². The van der Waals surface area contributed by atoms with E-state index in [1.807, 2.05) is 17.9 Å². The Kier molecular flexibility index (Phi) is 5.25. The van der Waals surface area contributed by atoms with Gasteiger partial charge in [0, 0.05) is 7.05 Å². The Balaban J connectivity index is 2.04. The molecule has 0 aliphatic heterocycles. The average Bonchev–Trinajstić information content (AvgIpc) is 2.60. The lowest BCUT2D eigenvalue weighted by Gasteiger charge is -2.23. The maximum atomic E-state index is 4.33. The summed E-state index contributed by atoms with van der Waals surface area (Å²) in [6.07, 6.45) is 11.6. The van der Waals surface area contributed by atoms with Crippen LogP contribution >= 0.6 is 15.9 Å². The van der Waals surface area contributed by atoms with Crippen LogP contribution in [0.4, 0.5) is 0 Å². The summed E-state index contributed by atoms with van der Waals surface area (Å²) < 4.78 is 3.11. The fourth-order valence-electron chi connectivity index (χ4n) is 3.11. The molecule has 0 amide bonds. The minimum Gasteiger partial charge on any atom is -0.312 e. The molecule has 0 spiro atoms.